The van der Waals surface area contributed by atoms with Gasteiger partial charge in [-0.1, -0.05) is 0 Å². The summed E-state index contributed by atoms with van der Waals surface area (Å²) in [4.78, 5) is 16.3. The molecule has 0 aromatic carbocycles. The zero-order valence-electron chi connectivity index (χ0n) is 14.4. The highest BCUT2D eigenvalue weighted by Gasteiger charge is 2.32. The second kappa shape index (κ2) is 6.03. The second-order valence-corrected chi connectivity index (χ2v) is 7.29. The van der Waals surface area contributed by atoms with E-state index in [0.29, 0.717) is 19.1 Å². The Kier molecular flexibility index (Phi) is 4.23. The Balaban J connectivity index is 1.65. The van der Waals surface area contributed by atoms with E-state index in [1.54, 1.807) is 4.90 Å². The van der Waals surface area contributed by atoms with E-state index in [-0.39, 0.29) is 12.1 Å². The highest BCUT2D eigenvalue weighted by atomic mass is 16.6. The van der Waals surface area contributed by atoms with Gasteiger partial charge in [0.25, 0.3) is 0 Å². The number of carbonyl (C=O) groups excluding carboxylic acids is 1. The number of nitrogens with zero attached hydrogens (tertiary/aromatic N) is 4. The molecule has 2 aliphatic heterocycles. The Morgan fingerprint density at radius 3 is 2.65 bits per heavy atom. The van der Waals surface area contributed by atoms with Crippen molar-refractivity contribution in [3.8, 4) is 0 Å². The monoisotopic (exact) mass is 322 g/mol. The van der Waals surface area contributed by atoms with Crippen LogP contribution in [-0.2, 0) is 9.47 Å². The summed E-state index contributed by atoms with van der Waals surface area (Å²) in [5, 5.41) is 4.44. The number of hydrogen-bond donors (Lipinski definition) is 0. The van der Waals surface area contributed by atoms with E-state index in [2.05, 4.69) is 16.9 Å². The molecule has 2 fully saturated rings. The molecule has 0 bridgehead atoms. The zero-order chi connectivity index (χ0) is 16.6. The minimum atomic E-state index is -0.458. The van der Waals surface area contributed by atoms with Crippen LogP contribution in [0.15, 0.2) is 12.3 Å². The summed E-state index contributed by atoms with van der Waals surface area (Å²) in [6.45, 7) is 11.3. The van der Waals surface area contributed by atoms with E-state index in [4.69, 9.17) is 9.47 Å². The van der Waals surface area contributed by atoms with Crippen LogP contribution in [0.3, 0.4) is 0 Å². The fraction of sp³-hybridized carbons (Fsp3) is 0.750. The number of hydrogen-bond acceptors (Lipinski definition) is 5. The van der Waals surface area contributed by atoms with Gasteiger partial charge in [-0.15, -0.1) is 0 Å². The first kappa shape index (κ1) is 16.1. The molecule has 3 heterocycles. The van der Waals surface area contributed by atoms with Crippen molar-refractivity contribution in [1.82, 2.24) is 14.7 Å². The van der Waals surface area contributed by atoms with Gasteiger partial charge in [-0.25, -0.2) is 9.48 Å². The average molecular weight is 322 g/mol. The van der Waals surface area contributed by atoms with Gasteiger partial charge in [0.05, 0.1) is 19.4 Å². The number of piperazine rings is 1. The lowest BCUT2D eigenvalue weighted by Crippen LogP contribution is -2.55. The van der Waals surface area contributed by atoms with Gasteiger partial charge in [0, 0.05) is 31.7 Å². The van der Waals surface area contributed by atoms with Gasteiger partial charge < -0.3 is 19.3 Å². The largest absolute Gasteiger partial charge is 0.444 e. The van der Waals surface area contributed by atoms with Crippen molar-refractivity contribution in [3.05, 3.63) is 12.3 Å². The topological polar surface area (TPSA) is 59.8 Å². The molecule has 0 radical (unpaired) electrons. The maximum Gasteiger partial charge on any atom is 0.410 e. The minimum Gasteiger partial charge on any atom is -0.444 e. The minimum absolute atomic E-state index is 0.215. The SMILES string of the molecule is C[C@@H]1CN(C(=O)OC(C)(C)C)CCN1c1ccnn1C1COC1. The number of amides is 1. The van der Waals surface area contributed by atoms with E-state index in [1.165, 1.54) is 0 Å². The van der Waals surface area contributed by atoms with Crippen molar-refractivity contribution in [3.63, 3.8) is 0 Å². The molecule has 0 aliphatic carbocycles. The van der Waals surface area contributed by atoms with Gasteiger partial charge >= 0.3 is 6.09 Å². The Morgan fingerprint density at radius 1 is 1.35 bits per heavy atom. The van der Waals surface area contributed by atoms with E-state index in [1.807, 2.05) is 37.7 Å². The van der Waals surface area contributed by atoms with Crippen LogP contribution in [0.4, 0.5) is 10.6 Å². The number of aromatic nitrogens is 2. The molecule has 128 valence electrons. The highest BCUT2D eigenvalue weighted by Crippen LogP contribution is 2.27. The molecule has 0 N–H and O–H groups in total. The molecule has 7 nitrogen and oxygen atoms in total. The van der Waals surface area contributed by atoms with Gasteiger partial charge in [0.2, 0.25) is 0 Å². The molecule has 2 saturated heterocycles. The average Bonchev–Trinajstić information content (AvgIpc) is 2.83. The van der Waals surface area contributed by atoms with Crippen LogP contribution < -0.4 is 4.90 Å². The second-order valence-electron chi connectivity index (χ2n) is 7.29. The van der Waals surface area contributed by atoms with Crippen LogP contribution in [0.5, 0.6) is 0 Å². The third-order valence-electron chi connectivity index (χ3n) is 4.19. The van der Waals surface area contributed by atoms with Crippen molar-refractivity contribution in [1.29, 1.82) is 0 Å². The van der Waals surface area contributed by atoms with Crippen molar-refractivity contribution < 1.29 is 14.3 Å². The van der Waals surface area contributed by atoms with Gasteiger partial charge in [0.1, 0.15) is 17.5 Å². The van der Waals surface area contributed by atoms with Crippen LogP contribution in [0.1, 0.15) is 33.7 Å². The molecule has 0 saturated carbocycles. The summed E-state index contributed by atoms with van der Waals surface area (Å²) >= 11 is 0. The first-order valence-electron chi connectivity index (χ1n) is 8.21. The van der Waals surface area contributed by atoms with Gasteiger partial charge in [-0.05, 0) is 27.7 Å². The Labute approximate surface area is 137 Å². The lowest BCUT2D eigenvalue weighted by Gasteiger charge is -2.42. The molecular weight excluding hydrogens is 296 g/mol. The fourth-order valence-corrected chi connectivity index (χ4v) is 2.97. The van der Waals surface area contributed by atoms with Crippen LogP contribution in [0.25, 0.3) is 0 Å². The van der Waals surface area contributed by atoms with E-state index < -0.39 is 5.60 Å². The van der Waals surface area contributed by atoms with E-state index in [0.717, 1.165) is 25.6 Å². The Hall–Kier alpha value is -1.76. The molecule has 1 aromatic rings. The van der Waals surface area contributed by atoms with Gasteiger partial charge in [-0.2, -0.15) is 5.10 Å². The normalized spacial score (nSPS) is 22.9. The summed E-state index contributed by atoms with van der Waals surface area (Å²) in [5.41, 5.74) is -0.458. The lowest BCUT2D eigenvalue weighted by molar-refractivity contribution is -0.0282. The number of anilines is 1. The highest BCUT2D eigenvalue weighted by molar-refractivity contribution is 5.68. The fourth-order valence-electron chi connectivity index (χ4n) is 2.97. The molecule has 1 aromatic heterocycles. The van der Waals surface area contributed by atoms with Crippen LogP contribution >= 0.6 is 0 Å². The molecule has 23 heavy (non-hydrogen) atoms. The summed E-state index contributed by atoms with van der Waals surface area (Å²) in [6, 6.07) is 2.58. The van der Waals surface area contributed by atoms with Crippen molar-refractivity contribution in [2.24, 2.45) is 0 Å². The van der Waals surface area contributed by atoms with Crippen LogP contribution in [-0.4, -0.2) is 65.3 Å². The molecule has 1 atom stereocenters. The molecule has 0 unspecified atom stereocenters. The van der Waals surface area contributed by atoms with E-state index in [9.17, 15) is 4.79 Å². The third kappa shape index (κ3) is 3.44. The number of rotatable bonds is 2. The smallest absolute Gasteiger partial charge is 0.410 e. The van der Waals surface area contributed by atoms with Crippen LogP contribution in [0, 0.1) is 0 Å². The number of ether oxygens (including phenoxy) is 2. The molecule has 7 heteroatoms. The molecular formula is C16H26N4O3. The van der Waals surface area contributed by atoms with E-state index >= 15 is 0 Å². The van der Waals surface area contributed by atoms with Crippen molar-refractivity contribution in [2.45, 2.75) is 45.4 Å². The Morgan fingerprint density at radius 2 is 2.09 bits per heavy atom. The zero-order valence-corrected chi connectivity index (χ0v) is 14.4. The first-order chi connectivity index (χ1) is 10.8. The summed E-state index contributed by atoms with van der Waals surface area (Å²) in [7, 11) is 0. The predicted octanol–water partition coefficient (Wildman–Crippen LogP) is 1.90. The standard InChI is InChI=1S/C16H26N4O3/c1-12-9-18(15(21)23-16(2,3)4)7-8-19(12)14-5-6-17-20(14)13-10-22-11-13/h5-6,12-13H,7-11H2,1-4H3/t12-/m1/s1. The van der Waals surface area contributed by atoms with Gasteiger partial charge in [-0.3, -0.25) is 0 Å². The molecule has 0 spiro atoms. The summed E-state index contributed by atoms with van der Waals surface area (Å²) in [6.07, 6.45) is 1.60. The lowest BCUT2D eigenvalue weighted by atomic mass is 10.2. The van der Waals surface area contributed by atoms with Crippen LogP contribution in [0.2, 0.25) is 0 Å². The maximum absolute atomic E-state index is 12.2. The van der Waals surface area contributed by atoms with Crippen molar-refractivity contribution in [2.75, 3.05) is 37.7 Å². The quantitative estimate of drug-likeness (QED) is 0.832. The summed E-state index contributed by atoms with van der Waals surface area (Å²) in [5.74, 6) is 1.11. The third-order valence-corrected chi connectivity index (χ3v) is 4.19. The van der Waals surface area contributed by atoms with Gasteiger partial charge in [0.15, 0.2) is 0 Å². The first-order valence-corrected chi connectivity index (χ1v) is 8.21. The maximum atomic E-state index is 12.2. The molecule has 1 amide bonds. The predicted molar refractivity (Wildman–Crippen MR) is 86.7 cm³/mol. The molecule has 3 rings (SSSR count). The molecule has 2 aliphatic rings. The summed E-state index contributed by atoms with van der Waals surface area (Å²) < 4.78 is 12.8. The Bertz CT molecular complexity index is 562. The number of carbonyl (C=O) groups is 1. The van der Waals surface area contributed by atoms with Crippen molar-refractivity contribution >= 4 is 11.9 Å².